The smallest absolute Gasteiger partial charge is 0.00761 e. The summed E-state index contributed by atoms with van der Waals surface area (Å²) >= 11 is 0. The van der Waals surface area contributed by atoms with Gasteiger partial charge in [-0.15, -0.1) is 9.24 Å². The van der Waals surface area contributed by atoms with Crippen LogP contribution in [0, 0.1) is 5.92 Å². The Morgan fingerprint density at radius 1 is 1.22 bits per heavy atom. The van der Waals surface area contributed by atoms with Gasteiger partial charge < -0.3 is 5.32 Å². The fourth-order valence-electron chi connectivity index (χ4n) is 2.15. The zero-order valence-electron chi connectivity index (χ0n) is 5.64. The van der Waals surface area contributed by atoms with E-state index < -0.39 is 0 Å². The van der Waals surface area contributed by atoms with Gasteiger partial charge >= 0.3 is 0 Å². The van der Waals surface area contributed by atoms with E-state index in [0.29, 0.717) is 0 Å². The van der Waals surface area contributed by atoms with Crippen LogP contribution in [0.1, 0.15) is 19.3 Å². The fourth-order valence-corrected chi connectivity index (χ4v) is 2.86. The van der Waals surface area contributed by atoms with E-state index in [0.717, 1.165) is 17.6 Å². The molecule has 0 aromatic rings. The first kappa shape index (κ1) is 6.12. The lowest BCUT2D eigenvalue weighted by molar-refractivity contribution is 0.419. The maximum absolute atomic E-state index is 3.54. The van der Waals surface area contributed by atoms with Gasteiger partial charge in [-0.25, -0.2) is 0 Å². The molecule has 52 valence electrons. The summed E-state index contributed by atoms with van der Waals surface area (Å²) in [5, 5.41) is 3.54. The molecule has 0 radical (unpaired) electrons. The zero-order valence-corrected chi connectivity index (χ0v) is 6.79. The minimum absolute atomic E-state index is 0.867. The van der Waals surface area contributed by atoms with Crippen molar-refractivity contribution >= 4 is 9.24 Å². The minimum atomic E-state index is 0.867. The molecular formula is C7H14NP. The molecule has 2 bridgehead atoms. The van der Waals surface area contributed by atoms with Crippen molar-refractivity contribution < 1.29 is 0 Å². The van der Waals surface area contributed by atoms with Crippen molar-refractivity contribution in [1.29, 1.82) is 0 Å². The summed E-state index contributed by atoms with van der Waals surface area (Å²) < 4.78 is 0. The van der Waals surface area contributed by atoms with Gasteiger partial charge in [0, 0.05) is 6.04 Å². The highest BCUT2D eigenvalue weighted by atomic mass is 31.0. The average Bonchev–Trinajstić information content (AvgIpc) is 2.11. The van der Waals surface area contributed by atoms with E-state index >= 15 is 0 Å². The monoisotopic (exact) mass is 143 g/mol. The van der Waals surface area contributed by atoms with E-state index in [2.05, 4.69) is 14.6 Å². The van der Waals surface area contributed by atoms with Crippen LogP contribution in [0.25, 0.3) is 0 Å². The number of fused-ring (bicyclic) bond motifs is 2. The molecule has 4 atom stereocenters. The number of nitrogens with one attached hydrogen (secondary N) is 1. The first-order valence-electron chi connectivity index (χ1n) is 3.83. The molecule has 2 heteroatoms. The van der Waals surface area contributed by atoms with Crippen LogP contribution in [0.3, 0.4) is 0 Å². The highest BCUT2D eigenvalue weighted by Crippen LogP contribution is 2.32. The van der Waals surface area contributed by atoms with Crippen LogP contribution < -0.4 is 5.32 Å². The van der Waals surface area contributed by atoms with Crippen LogP contribution in [0.2, 0.25) is 0 Å². The molecule has 1 aliphatic carbocycles. The second kappa shape index (κ2) is 2.21. The molecule has 2 rings (SSSR count). The van der Waals surface area contributed by atoms with Crippen LogP contribution in [0.4, 0.5) is 0 Å². The summed E-state index contributed by atoms with van der Waals surface area (Å²) in [7, 11) is 2.95. The molecule has 2 aliphatic rings. The molecule has 1 saturated carbocycles. The quantitative estimate of drug-likeness (QED) is 0.499. The Kier molecular flexibility index (Phi) is 1.51. The summed E-state index contributed by atoms with van der Waals surface area (Å²) in [6, 6.07) is 0.867. The minimum Gasteiger partial charge on any atom is -0.314 e. The van der Waals surface area contributed by atoms with Crippen molar-refractivity contribution in [2.75, 3.05) is 6.54 Å². The third kappa shape index (κ3) is 1.13. The van der Waals surface area contributed by atoms with Gasteiger partial charge in [0.05, 0.1) is 0 Å². The first-order chi connectivity index (χ1) is 4.34. The third-order valence-electron chi connectivity index (χ3n) is 2.54. The molecule has 4 unspecified atom stereocenters. The molecule has 0 aromatic carbocycles. The topological polar surface area (TPSA) is 12.0 Å². The first-order valence-corrected chi connectivity index (χ1v) is 4.50. The van der Waals surface area contributed by atoms with Crippen LogP contribution in [0.15, 0.2) is 0 Å². The molecule has 1 heterocycles. The van der Waals surface area contributed by atoms with Crippen molar-refractivity contribution in [3.63, 3.8) is 0 Å². The molecular weight excluding hydrogens is 129 g/mol. The van der Waals surface area contributed by atoms with Gasteiger partial charge in [-0.2, -0.15) is 0 Å². The number of hydrogen-bond donors (Lipinski definition) is 1. The number of hydrogen-bond acceptors (Lipinski definition) is 1. The molecule has 9 heavy (non-hydrogen) atoms. The molecule has 0 aromatic heterocycles. The summed E-state index contributed by atoms with van der Waals surface area (Å²) in [5.41, 5.74) is 0.906. The van der Waals surface area contributed by atoms with Gasteiger partial charge in [-0.05, 0) is 37.4 Å². The Hall–Kier alpha value is 0.390. The van der Waals surface area contributed by atoms with E-state index in [4.69, 9.17) is 0 Å². The Morgan fingerprint density at radius 3 is 2.89 bits per heavy atom. The predicted octanol–water partition coefficient (Wildman–Crippen LogP) is 1.00. The van der Waals surface area contributed by atoms with Gasteiger partial charge in [0.15, 0.2) is 0 Å². The predicted molar refractivity (Wildman–Crippen MR) is 42.6 cm³/mol. The Morgan fingerprint density at radius 2 is 2.11 bits per heavy atom. The van der Waals surface area contributed by atoms with E-state index in [1.165, 1.54) is 25.8 Å². The van der Waals surface area contributed by atoms with Gasteiger partial charge in [0.25, 0.3) is 0 Å². The Bertz CT molecular complexity index is 103. The van der Waals surface area contributed by atoms with E-state index in [1.54, 1.807) is 0 Å². The maximum atomic E-state index is 3.54. The van der Waals surface area contributed by atoms with E-state index in [-0.39, 0.29) is 0 Å². The molecule has 1 aliphatic heterocycles. The van der Waals surface area contributed by atoms with Crippen LogP contribution >= 0.6 is 9.24 Å². The van der Waals surface area contributed by atoms with Gasteiger partial charge in [-0.1, -0.05) is 0 Å². The Labute approximate surface area is 58.8 Å². The highest BCUT2D eigenvalue weighted by molar-refractivity contribution is 7.17. The highest BCUT2D eigenvalue weighted by Gasteiger charge is 2.31. The van der Waals surface area contributed by atoms with Crippen molar-refractivity contribution in [2.24, 2.45) is 5.92 Å². The van der Waals surface area contributed by atoms with Crippen LogP contribution in [0.5, 0.6) is 0 Å². The van der Waals surface area contributed by atoms with Crippen molar-refractivity contribution in [1.82, 2.24) is 5.32 Å². The standard InChI is InChI=1S/C7H14NP/c9-7-2-5-1-6(3-7)8-4-5/h5-8H,1-4,9H2. The molecule has 2 fully saturated rings. The van der Waals surface area contributed by atoms with Crippen LogP contribution in [-0.2, 0) is 0 Å². The second-order valence-corrected chi connectivity index (χ2v) is 4.38. The van der Waals surface area contributed by atoms with Crippen molar-refractivity contribution in [3.8, 4) is 0 Å². The van der Waals surface area contributed by atoms with Gasteiger partial charge in [0.1, 0.15) is 0 Å². The number of rotatable bonds is 0. The lowest BCUT2D eigenvalue weighted by Crippen LogP contribution is -2.24. The summed E-state index contributed by atoms with van der Waals surface area (Å²) in [5.74, 6) is 1.01. The SMILES string of the molecule is PC1CC2CNC(C1)C2. The normalized spacial score (nSPS) is 49.7. The van der Waals surface area contributed by atoms with E-state index in [1.807, 2.05) is 0 Å². The summed E-state index contributed by atoms with van der Waals surface area (Å²) in [4.78, 5) is 0. The lowest BCUT2D eigenvalue weighted by Gasteiger charge is -2.22. The average molecular weight is 143 g/mol. The molecule has 1 saturated heterocycles. The van der Waals surface area contributed by atoms with Crippen molar-refractivity contribution in [2.45, 2.75) is 31.0 Å². The van der Waals surface area contributed by atoms with Crippen molar-refractivity contribution in [3.05, 3.63) is 0 Å². The summed E-state index contributed by atoms with van der Waals surface area (Å²) in [6.45, 7) is 1.29. The fraction of sp³-hybridized carbons (Fsp3) is 1.00. The molecule has 0 amide bonds. The maximum Gasteiger partial charge on any atom is 0.00761 e. The molecule has 1 nitrogen and oxygen atoms in total. The van der Waals surface area contributed by atoms with Crippen LogP contribution in [-0.4, -0.2) is 18.2 Å². The van der Waals surface area contributed by atoms with Gasteiger partial charge in [0.2, 0.25) is 0 Å². The Balaban J connectivity index is 2.03. The largest absolute Gasteiger partial charge is 0.314 e. The lowest BCUT2D eigenvalue weighted by atomic mass is 9.90. The second-order valence-electron chi connectivity index (χ2n) is 3.44. The molecule has 0 spiro atoms. The zero-order chi connectivity index (χ0) is 6.27. The third-order valence-corrected chi connectivity index (χ3v) is 3.08. The molecule has 1 N–H and O–H groups in total. The summed E-state index contributed by atoms with van der Waals surface area (Å²) in [6.07, 6.45) is 4.28. The van der Waals surface area contributed by atoms with E-state index in [9.17, 15) is 0 Å². The van der Waals surface area contributed by atoms with Gasteiger partial charge in [-0.3, -0.25) is 0 Å².